The predicted molar refractivity (Wildman–Crippen MR) is 61.6 cm³/mol. The standard InChI is InChI=1S/C10H7BF2N2OS/c12-11(13)15-5-2-1-3-9(15)14-10(16-11)8-4-6-17-7-8/h1-7H. The Morgan fingerprint density at radius 1 is 1.29 bits per heavy atom. The van der Waals surface area contributed by atoms with Crippen molar-refractivity contribution in [3.8, 4) is 0 Å². The van der Waals surface area contributed by atoms with Gasteiger partial charge in [0.1, 0.15) is 0 Å². The molecule has 86 valence electrons. The van der Waals surface area contributed by atoms with Crippen LogP contribution in [0.25, 0.3) is 0 Å². The van der Waals surface area contributed by atoms with Crippen molar-refractivity contribution in [2.45, 2.75) is 0 Å². The number of nitrogens with zero attached hydrogens (tertiary/aromatic N) is 2. The van der Waals surface area contributed by atoms with Crippen molar-refractivity contribution in [3.05, 3.63) is 46.8 Å². The van der Waals surface area contributed by atoms with Crippen molar-refractivity contribution in [2.24, 2.45) is 4.99 Å². The lowest BCUT2D eigenvalue weighted by molar-refractivity contribution is -0.568. The van der Waals surface area contributed by atoms with E-state index in [4.69, 9.17) is 4.65 Å². The van der Waals surface area contributed by atoms with Gasteiger partial charge in [0, 0.05) is 11.4 Å². The van der Waals surface area contributed by atoms with Gasteiger partial charge in [-0.15, -0.1) is 0 Å². The summed E-state index contributed by atoms with van der Waals surface area (Å²) in [4.78, 5) is 4.08. The fraction of sp³-hybridized carbons (Fsp3) is 0. The molecular formula is C10H7BF2N2OS. The van der Waals surface area contributed by atoms with Crippen LogP contribution in [-0.2, 0) is 4.65 Å². The van der Waals surface area contributed by atoms with Gasteiger partial charge < -0.3 is 17.8 Å². The Kier molecular flexibility index (Phi) is 2.22. The summed E-state index contributed by atoms with van der Waals surface area (Å²) in [6, 6.07) is 6.42. The van der Waals surface area contributed by atoms with Crippen molar-refractivity contribution in [1.82, 2.24) is 0 Å². The van der Waals surface area contributed by atoms with Crippen molar-refractivity contribution in [3.63, 3.8) is 0 Å². The van der Waals surface area contributed by atoms with E-state index >= 15 is 0 Å². The molecule has 1 aliphatic rings. The first-order valence-corrected chi connectivity index (χ1v) is 5.93. The van der Waals surface area contributed by atoms with E-state index in [-0.39, 0.29) is 11.7 Å². The van der Waals surface area contributed by atoms with Crippen LogP contribution in [0.15, 0.2) is 46.2 Å². The van der Waals surface area contributed by atoms with Crippen LogP contribution in [0.4, 0.5) is 14.4 Å². The fourth-order valence-corrected chi connectivity index (χ4v) is 2.27. The number of hydrogen-bond donors (Lipinski definition) is 0. The molecule has 2 aromatic rings. The first kappa shape index (κ1) is 10.4. The average molecular weight is 252 g/mol. The predicted octanol–water partition coefficient (Wildman–Crippen LogP) is 2.37. The summed E-state index contributed by atoms with van der Waals surface area (Å²) < 4.78 is 33.0. The van der Waals surface area contributed by atoms with Crippen molar-refractivity contribution in [2.75, 3.05) is 0 Å². The second-order valence-corrected chi connectivity index (χ2v) is 4.35. The summed E-state index contributed by atoms with van der Waals surface area (Å²) in [5, 5.41) is 3.52. The highest BCUT2D eigenvalue weighted by Crippen LogP contribution is 2.22. The van der Waals surface area contributed by atoms with Gasteiger partial charge in [-0.25, -0.2) is 0 Å². The normalized spacial score (nSPS) is 16.9. The van der Waals surface area contributed by atoms with E-state index in [1.165, 1.54) is 29.7 Å². The number of aliphatic imine (C=N–C) groups is 1. The third-order valence-corrected chi connectivity index (χ3v) is 3.11. The van der Waals surface area contributed by atoms with E-state index in [2.05, 4.69) is 4.99 Å². The molecule has 0 spiro atoms. The van der Waals surface area contributed by atoms with E-state index in [9.17, 15) is 8.63 Å². The molecule has 7 heteroatoms. The summed E-state index contributed by atoms with van der Waals surface area (Å²) in [5.41, 5.74) is 0.576. The fourth-order valence-electron chi connectivity index (χ4n) is 1.64. The van der Waals surface area contributed by atoms with Gasteiger partial charge in [0.25, 0.3) is 11.7 Å². The minimum atomic E-state index is -4.10. The maximum atomic E-state index is 13.8. The summed E-state index contributed by atoms with van der Waals surface area (Å²) >= 11 is 1.41. The zero-order valence-electron chi connectivity index (χ0n) is 8.59. The van der Waals surface area contributed by atoms with E-state index in [0.29, 0.717) is 5.56 Å². The van der Waals surface area contributed by atoms with Gasteiger partial charge in [-0.1, -0.05) is 6.07 Å². The average Bonchev–Trinajstić information content (AvgIpc) is 2.81. The monoisotopic (exact) mass is 252 g/mol. The molecule has 0 unspecified atom stereocenters. The van der Waals surface area contributed by atoms with Crippen LogP contribution < -0.4 is 4.48 Å². The lowest BCUT2D eigenvalue weighted by Gasteiger charge is -2.26. The Morgan fingerprint density at radius 2 is 2.18 bits per heavy atom. The summed E-state index contributed by atoms with van der Waals surface area (Å²) in [6.07, 6.45) is 1.27. The van der Waals surface area contributed by atoms with Crippen LogP contribution in [0, 0.1) is 0 Å². The van der Waals surface area contributed by atoms with Gasteiger partial charge >= 0.3 is 7.04 Å². The number of halogens is 2. The summed E-state index contributed by atoms with van der Waals surface area (Å²) in [7, 11) is -4.10. The van der Waals surface area contributed by atoms with Gasteiger partial charge in [-0.3, -0.25) is 0 Å². The maximum Gasteiger partial charge on any atom is 0.736 e. The van der Waals surface area contributed by atoms with Crippen LogP contribution in [0.3, 0.4) is 0 Å². The quantitative estimate of drug-likeness (QED) is 0.715. The number of fused-ring (bicyclic) bond motifs is 1. The highest BCUT2D eigenvalue weighted by molar-refractivity contribution is 7.08. The number of hydrogen-bond acceptors (Lipinski definition) is 3. The van der Waals surface area contributed by atoms with Crippen molar-refractivity contribution < 1.29 is 17.8 Å². The Morgan fingerprint density at radius 3 is 2.94 bits per heavy atom. The molecule has 0 aliphatic carbocycles. The number of thiophene rings is 1. The topological polar surface area (TPSA) is 25.5 Å². The first-order chi connectivity index (χ1) is 8.17. The maximum absolute atomic E-state index is 13.8. The number of aromatic nitrogens is 1. The molecule has 3 heterocycles. The Labute approximate surface area is 100 Å². The van der Waals surface area contributed by atoms with Gasteiger partial charge in [-0.2, -0.15) is 11.3 Å². The van der Waals surface area contributed by atoms with Crippen LogP contribution in [0.1, 0.15) is 5.56 Å². The molecule has 3 rings (SSSR count). The van der Waals surface area contributed by atoms with Gasteiger partial charge in [0.05, 0.1) is 11.8 Å². The van der Waals surface area contributed by atoms with E-state index < -0.39 is 7.04 Å². The van der Waals surface area contributed by atoms with E-state index in [1.54, 1.807) is 22.9 Å². The van der Waals surface area contributed by atoms with E-state index in [0.717, 1.165) is 4.48 Å². The molecule has 0 saturated heterocycles. The molecule has 0 amide bonds. The lowest BCUT2D eigenvalue weighted by Crippen LogP contribution is -2.63. The van der Waals surface area contributed by atoms with Crippen molar-refractivity contribution >= 4 is 30.1 Å². The first-order valence-electron chi connectivity index (χ1n) is 4.98. The highest BCUT2D eigenvalue weighted by Gasteiger charge is 2.46. The molecule has 0 saturated carbocycles. The minimum absolute atomic E-state index is 0.0255. The molecule has 0 N–H and O–H groups in total. The van der Waals surface area contributed by atoms with Crippen molar-refractivity contribution in [1.29, 1.82) is 0 Å². The minimum Gasteiger partial charge on any atom is -0.590 e. The Bertz CT molecular complexity index is 586. The molecular weight excluding hydrogens is 245 g/mol. The lowest BCUT2D eigenvalue weighted by atomic mass is 10.0. The third kappa shape index (κ3) is 1.72. The van der Waals surface area contributed by atoms with Crippen LogP contribution in [0.2, 0.25) is 0 Å². The van der Waals surface area contributed by atoms with Gasteiger partial charge in [0.15, 0.2) is 0 Å². The summed E-state index contributed by atoms with van der Waals surface area (Å²) in [6.45, 7) is 0. The number of pyridine rings is 1. The molecule has 17 heavy (non-hydrogen) atoms. The molecule has 1 aliphatic heterocycles. The molecule has 3 nitrogen and oxygen atoms in total. The summed E-state index contributed by atoms with van der Waals surface area (Å²) in [5.74, 6) is 0.174. The molecule has 0 fully saturated rings. The zero-order chi connectivity index (χ0) is 11.9. The van der Waals surface area contributed by atoms with Crippen LogP contribution in [-0.4, -0.2) is 12.9 Å². The molecule has 2 aromatic heterocycles. The third-order valence-electron chi connectivity index (χ3n) is 2.43. The molecule has 0 atom stereocenters. The highest BCUT2D eigenvalue weighted by atomic mass is 32.1. The SMILES string of the molecule is F[B-]1(F)OC(c2ccsc2)=Nc2cccc[n+]21. The van der Waals surface area contributed by atoms with Crippen LogP contribution in [0.5, 0.6) is 0 Å². The largest absolute Gasteiger partial charge is 0.736 e. The smallest absolute Gasteiger partial charge is 0.590 e. The second kappa shape index (κ2) is 3.63. The Hall–Kier alpha value is -1.76. The molecule has 0 bridgehead atoms. The number of rotatable bonds is 1. The Balaban J connectivity index is 2.15. The van der Waals surface area contributed by atoms with Crippen LogP contribution >= 0.6 is 11.3 Å². The molecule has 0 aromatic carbocycles. The van der Waals surface area contributed by atoms with E-state index in [1.807, 2.05) is 0 Å². The zero-order valence-corrected chi connectivity index (χ0v) is 9.40. The van der Waals surface area contributed by atoms with Gasteiger partial charge in [-0.05, 0) is 22.5 Å². The second-order valence-electron chi connectivity index (χ2n) is 3.57. The molecule has 0 radical (unpaired) electrons. The van der Waals surface area contributed by atoms with Gasteiger partial charge in [0.2, 0.25) is 0 Å².